The zero-order valence-electron chi connectivity index (χ0n) is 21.8. The van der Waals surface area contributed by atoms with Gasteiger partial charge in [0.15, 0.2) is 0 Å². The summed E-state index contributed by atoms with van der Waals surface area (Å²) < 4.78 is 16.4. The fourth-order valence-corrected chi connectivity index (χ4v) is 5.88. The second kappa shape index (κ2) is 14.3. The van der Waals surface area contributed by atoms with Crippen molar-refractivity contribution in [2.75, 3.05) is 51.2 Å². The van der Waals surface area contributed by atoms with Crippen molar-refractivity contribution in [3.05, 3.63) is 64.7 Å². The zero-order chi connectivity index (χ0) is 26.9. The number of fused-ring (bicyclic) bond motifs is 2. The number of hydrogen-bond donors (Lipinski definition) is 2. The van der Waals surface area contributed by atoms with Gasteiger partial charge in [0.2, 0.25) is 5.91 Å². The van der Waals surface area contributed by atoms with Gasteiger partial charge in [0.1, 0.15) is 6.61 Å². The van der Waals surface area contributed by atoms with Crippen molar-refractivity contribution in [3.8, 4) is 0 Å². The average Bonchev–Trinajstić information content (AvgIpc) is 3.14. The number of anilines is 1. The number of carbonyl (C=O) groups is 2. The van der Waals surface area contributed by atoms with Gasteiger partial charge in [0.25, 0.3) is 0 Å². The Labute approximate surface area is 235 Å². The van der Waals surface area contributed by atoms with E-state index in [1.54, 1.807) is 0 Å². The maximum Gasteiger partial charge on any atom is 0.309 e. The molecule has 2 fully saturated rings. The number of carbonyl (C=O) groups excluding carboxylic acids is 2. The molecule has 0 aliphatic carbocycles. The molecule has 206 valence electrons. The lowest BCUT2D eigenvalue weighted by Crippen LogP contribution is -2.48. The van der Waals surface area contributed by atoms with Crippen LogP contribution in [0.2, 0.25) is 5.02 Å². The lowest BCUT2D eigenvalue weighted by molar-refractivity contribution is -0.152. The van der Waals surface area contributed by atoms with Crippen molar-refractivity contribution in [2.24, 2.45) is 5.92 Å². The molecule has 1 amide bonds. The standard InChI is InChI=1S/C29H37ClN2O5S/c1-32-24-10-11-26(32)28(21-4-6-22(30)7-5-21)25(18-24)29(34)37-13-12-20-2-8-23(9-3-20)31-27(33)19-36-15-14-35-16-17-38/h2-9,24-26,28,38H,10-19H2,1H3,(H,31,33)/t24-,25?,26+,28?/m0/s1. The van der Waals surface area contributed by atoms with Gasteiger partial charge in [-0.1, -0.05) is 35.9 Å². The van der Waals surface area contributed by atoms with Gasteiger partial charge in [-0.05, 0) is 61.7 Å². The minimum atomic E-state index is -0.219. The third kappa shape index (κ3) is 7.73. The Morgan fingerprint density at radius 1 is 1.00 bits per heavy atom. The van der Waals surface area contributed by atoms with Gasteiger partial charge < -0.3 is 19.5 Å². The van der Waals surface area contributed by atoms with Crippen LogP contribution in [-0.2, 0) is 30.2 Å². The highest BCUT2D eigenvalue weighted by atomic mass is 35.5. The Hall–Kier alpha value is -2.10. The van der Waals surface area contributed by atoms with E-state index in [1.165, 1.54) is 0 Å². The smallest absolute Gasteiger partial charge is 0.309 e. The van der Waals surface area contributed by atoms with Gasteiger partial charge >= 0.3 is 5.97 Å². The molecule has 38 heavy (non-hydrogen) atoms. The summed E-state index contributed by atoms with van der Waals surface area (Å²) in [6.45, 7) is 1.65. The van der Waals surface area contributed by atoms with Crippen LogP contribution in [0.1, 0.15) is 36.3 Å². The Morgan fingerprint density at radius 3 is 2.47 bits per heavy atom. The minimum absolute atomic E-state index is 0.0301. The van der Waals surface area contributed by atoms with Crippen LogP contribution in [0.15, 0.2) is 48.5 Å². The van der Waals surface area contributed by atoms with Crippen LogP contribution >= 0.6 is 24.2 Å². The summed E-state index contributed by atoms with van der Waals surface area (Å²) in [5.74, 6) is 0.274. The van der Waals surface area contributed by atoms with Crippen LogP contribution in [-0.4, -0.2) is 74.7 Å². The van der Waals surface area contributed by atoms with Crippen molar-refractivity contribution in [1.82, 2.24) is 4.90 Å². The topological polar surface area (TPSA) is 77.1 Å². The number of piperidine rings is 1. The average molecular weight is 561 g/mol. The molecule has 2 aliphatic rings. The van der Waals surface area contributed by atoms with E-state index in [0.29, 0.717) is 61.4 Å². The predicted molar refractivity (Wildman–Crippen MR) is 152 cm³/mol. The molecule has 0 spiro atoms. The second-order valence-electron chi connectivity index (χ2n) is 9.93. The minimum Gasteiger partial charge on any atom is -0.465 e. The molecule has 2 aliphatic heterocycles. The first-order valence-electron chi connectivity index (χ1n) is 13.3. The molecule has 0 radical (unpaired) electrons. The van der Waals surface area contributed by atoms with Crippen LogP contribution in [0.3, 0.4) is 0 Å². The molecule has 2 unspecified atom stereocenters. The van der Waals surface area contributed by atoms with Crippen molar-refractivity contribution in [3.63, 3.8) is 0 Å². The molecular formula is C29H37ClN2O5S. The SMILES string of the molecule is CN1[C@H]2CC[C@@H]1C(c1ccc(Cl)cc1)C(C(=O)OCCc1ccc(NC(=O)COCCOCCS)cc1)C2. The first-order chi connectivity index (χ1) is 18.5. The fourth-order valence-electron chi connectivity index (χ4n) is 5.63. The van der Waals surface area contributed by atoms with Gasteiger partial charge in [-0.2, -0.15) is 12.6 Å². The quantitative estimate of drug-likeness (QED) is 0.212. The third-order valence-electron chi connectivity index (χ3n) is 7.54. The number of halogens is 1. The summed E-state index contributed by atoms with van der Waals surface area (Å²) in [7, 11) is 2.17. The van der Waals surface area contributed by atoms with E-state index in [1.807, 2.05) is 48.5 Å². The molecule has 2 saturated heterocycles. The second-order valence-corrected chi connectivity index (χ2v) is 10.8. The summed E-state index contributed by atoms with van der Waals surface area (Å²) in [6.07, 6.45) is 3.65. The van der Waals surface area contributed by atoms with E-state index in [9.17, 15) is 9.59 Å². The number of benzene rings is 2. The highest BCUT2D eigenvalue weighted by Crippen LogP contribution is 2.47. The molecule has 9 heteroatoms. The maximum atomic E-state index is 13.3. The summed E-state index contributed by atoms with van der Waals surface area (Å²) in [5.41, 5.74) is 2.88. The molecule has 2 heterocycles. The van der Waals surface area contributed by atoms with Gasteiger partial charge in [-0.3, -0.25) is 14.5 Å². The van der Waals surface area contributed by atoms with E-state index in [0.717, 1.165) is 30.4 Å². The Balaban J connectivity index is 1.24. The normalized spacial score (nSPS) is 22.8. The van der Waals surface area contributed by atoms with E-state index < -0.39 is 0 Å². The van der Waals surface area contributed by atoms with Crippen LogP contribution in [0.4, 0.5) is 5.69 Å². The van der Waals surface area contributed by atoms with Crippen molar-refractivity contribution >= 4 is 41.8 Å². The summed E-state index contributed by atoms with van der Waals surface area (Å²) in [6, 6.07) is 16.2. The Morgan fingerprint density at radius 2 is 1.74 bits per heavy atom. The van der Waals surface area contributed by atoms with Gasteiger partial charge in [-0.25, -0.2) is 0 Å². The summed E-state index contributed by atoms with van der Waals surface area (Å²) in [5, 5.41) is 3.52. The highest BCUT2D eigenvalue weighted by Gasteiger charge is 2.49. The molecule has 7 nitrogen and oxygen atoms in total. The predicted octanol–water partition coefficient (Wildman–Crippen LogP) is 4.59. The number of rotatable bonds is 13. The summed E-state index contributed by atoms with van der Waals surface area (Å²) >= 11 is 10.2. The molecular weight excluding hydrogens is 524 g/mol. The number of nitrogens with one attached hydrogen (secondary N) is 1. The first-order valence-corrected chi connectivity index (χ1v) is 14.3. The fraction of sp³-hybridized carbons (Fsp3) is 0.517. The summed E-state index contributed by atoms with van der Waals surface area (Å²) in [4.78, 5) is 27.7. The largest absolute Gasteiger partial charge is 0.465 e. The molecule has 0 aromatic heterocycles. The van der Waals surface area contributed by atoms with E-state index in [4.69, 9.17) is 25.8 Å². The lowest BCUT2D eigenvalue weighted by atomic mass is 9.76. The van der Waals surface area contributed by atoms with Crippen LogP contribution in [0.5, 0.6) is 0 Å². The van der Waals surface area contributed by atoms with Gasteiger partial charge in [-0.15, -0.1) is 0 Å². The van der Waals surface area contributed by atoms with Gasteiger partial charge in [0, 0.05) is 40.9 Å². The van der Waals surface area contributed by atoms with Gasteiger partial charge in [0.05, 0.1) is 32.3 Å². The van der Waals surface area contributed by atoms with Crippen molar-refractivity contribution in [2.45, 2.75) is 43.7 Å². The highest BCUT2D eigenvalue weighted by molar-refractivity contribution is 7.80. The third-order valence-corrected chi connectivity index (χ3v) is 7.97. The molecule has 2 bridgehead atoms. The number of hydrogen-bond acceptors (Lipinski definition) is 7. The maximum absolute atomic E-state index is 13.3. The number of ether oxygens (including phenoxy) is 3. The number of likely N-dealkylation sites (N-methyl/N-ethyl adjacent to an activating group) is 1. The van der Waals surface area contributed by atoms with Crippen molar-refractivity contribution in [1.29, 1.82) is 0 Å². The van der Waals surface area contributed by atoms with Crippen LogP contribution < -0.4 is 5.32 Å². The number of amides is 1. The van der Waals surface area contributed by atoms with E-state index in [2.05, 4.69) is 29.9 Å². The molecule has 4 atom stereocenters. The number of esters is 1. The lowest BCUT2D eigenvalue weighted by Gasteiger charge is -2.42. The van der Waals surface area contributed by atoms with Crippen molar-refractivity contribution < 1.29 is 23.8 Å². The first kappa shape index (κ1) is 28.9. The Bertz CT molecular complexity index is 1050. The molecule has 4 rings (SSSR count). The zero-order valence-corrected chi connectivity index (χ0v) is 23.5. The van der Waals surface area contributed by atoms with Crippen LogP contribution in [0.25, 0.3) is 0 Å². The molecule has 2 aromatic rings. The Kier molecular flexibility index (Phi) is 10.9. The monoisotopic (exact) mass is 560 g/mol. The molecule has 0 saturated carbocycles. The van der Waals surface area contributed by atoms with E-state index >= 15 is 0 Å². The van der Waals surface area contributed by atoms with Crippen LogP contribution in [0, 0.1) is 5.92 Å². The molecule has 2 aromatic carbocycles. The molecule has 1 N–H and O–H groups in total. The number of nitrogens with zero attached hydrogens (tertiary/aromatic N) is 1. The number of thiol groups is 1. The van der Waals surface area contributed by atoms with E-state index in [-0.39, 0.29) is 30.3 Å².